The number of rotatable bonds is 80. The van der Waals surface area contributed by atoms with Crippen molar-refractivity contribution in [3.05, 3.63) is 109 Å². The predicted octanol–water partition coefficient (Wildman–Crippen LogP) is 29.1. The first kappa shape index (κ1) is 97.7. The van der Waals surface area contributed by atoms with E-state index in [9.17, 15) is 19.0 Å². The van der Waals surface area contributed by atoms with E-state index in [2.05, 4.69) is 123 Å². The van der Waals surface area contributed by atoms with Gasteiger partial charge in [0.2, 0.25) is 0 Å². The Morgan fingerprint density at radius 1 is 0.317 bits per heavy atom. The number of phosphoric ester groups is 1. The lowest BCUT2D eigenvalue weighted by atomic mass is 10.0. The van der Waals surface area contributed by atoms with Crippen LogP contribution in [-0.2, 0) is 32.7 Å². The molecule has 101 heavy (non-hydrogen) atoms. The Morgan fingerprint density at radius 2 is 0.564 bits per heavy atom. The van der Waals surface area contributed by atoms with Gasteiger partial charge in [-0.1, -0.05) is 419 Å². The summed E-state index contributed by atoms with van der Waals surface area (Å²) in [6.45, 7) is 4.36. The largest absolute Gasteiger partial charge is 0.472 e. The Balaban J connectivity index is 3.94. The zero-order valence-corrected chi connectivity index (χ0v) is 68.0. The summed E-state index contributed by atoms with van der Waals surface area (Å²) >= 11 is 0. The topological polar surface area (TPSA) is 108 Å². The third-order valence-electron chi connectivity index (χ3n) is 19.1. The van der Waals surface area contributed by atoms with Crippen LogP contribution in [0.1, 0.15) is 406 Å². The fraction of sp³-hybridized carbons (Fsp3) is 0.780. The van der Waals surface area contributed by atoms with Crippen molar-refractivity contribution >= 4 is 19.8 Å². The number of nitrogens with zero attached hydrogens (tertiary/aromatic N) is 1. The molecule has 0 bridgehead atoms. The molecule has 0 saturated carbocycles. The van der Waals surface area contributed by atoms with E-state index >= 15 is 0 Å². The Morgan fingerprint density at radius 3 is 0.842 bits per heavy atom. The maximum absolute atomic E-state index is 12.9. The fourth-order valence-corrected chi connectivity index (χ4v) is 13.3. The average molecular weight is 1430 g/mol. The number of hydrogen-bond acceptors (Lipinski definition) is 7. The first-order valence-electron chi connectivity index (χ1n) is 43.1. The minimum Gasteiger partial charge on any atom is -0.462 e. The number of likely N-dealkylation sites (N-methyl/N-ethyl adjacent to an activating group) is 1. The van der Waals surface area contributed by atoms with Gasteiger partial charge in [-0.15, -0.1) is 0 Å². The van der Waals surface area contributed by atoms with Gasteiger partial charge in [0.1, 0.15) is 19.8 Å². The van der Waals surface area contributed by atoms with Crippen LogP contribution in [-0.4, -0.2) is 74.9 Å². The molecule has 0 amide bonds. The van der Waals surface area contributed by atoms with Gasteiger partial charge in [0.15, 0.2) is 6.10 Å². The predicted molar refractivity (Wildman–Crippen MR) is 441 cm³/mol. The molecule has 0 aliphatic carbocycles. The number of allylic oxidation sites excluding steroid dienone is 18. The van der Waals surface area contributed by atoms with Crippen LogP contribution in [0.15, 0.2) is 109 Å². The molecule has 2 atom stereocenters. The van der Waals surface area contributed by atoms with E-state index in [0.717, 1.165) is 103 Å². The Hall–Kier alpha value is -3.33. The molecule has 0 aromatic heterocycles. The lowest BCUT2D eigenvalue weighted by Gasteiger charge is -2.24. The number of hydrogen-bond donors (Lipinski definition) is 1. The molecule has 0 fully saturated rings. The number of ether oxygens (including phenoxy) is 2. The molecule has 0 aliphatic rings. The van der Waals surface area contributed by atoms with Crippen molar-refractivity contribution in [2.24, 2.45) is 0 Å². The molecular weight excluding hydrogens is 1270 g/mol. The number of phosphoric acid groups is 1. The van der Waals surface area contributed by atoms with E-state index in [1.165, 1.54) is 270 Å². The minimum absolute atomic E-state index is 0.0277. The van der Waals surface area contributed by atoms with Crippen LogP contribution < -0.4 is 0 Å². The van der Waals surface area contributed by atoms with E-state index in [0.29, 0.717) is 17.4 Å². The normalized spacial score (nSPS) is 13.5. The van der Waals surface area contributed by atoms with Crippen molar-refractivity contribution in [1.82, 2.24) is 0 Å². The molecule has 2 unspecified atom stereocenters. The summed E-state index contributed by atoms with van der Waals surface area (Å²) in [5.41, 5.74) is 0. The second kappa shape index (κ2) is 80.8. The van der Waals surface area contributed by atoms with Crippen molar-refractivity contribution in [2.75, 3.05) is 47.5 Å². The summed E-state index contributed by atoms with van der Waals surface area (Å²) in [6.07, 6.45) is 116. The van der Waals surface area contributed by atoms with Gasteiger partial charge in [-0.2, -0.15) is 0 Å². The van der Waals surface area contributed by atoms with Crippen molar-refractivity contribution in [1.29, 1.82) is 0 Å². The van der Waals surface area contributed by atoms with Crippen LogP contribution in [0.25, 0.3) is 0 Å². The summed E-state index contributed by atoms with van der Waals surface area (Å²) < 4.78 is 34.9. The Kier molecular flexibility index (Phi) is 78.1. The van der Waals surface area contributed by atoms with Crippen molar-refractivity contribution in [3.63, 3.8) is 0 Å². The molecular formula is C91H165NO8P+. The number of quaternary nitrogens is 1. The van der Waals surface area contributed by atoms with Gasteiger partial charge >= 0.3 is 19.8 Å². The quantitative estimate of drug-likeness (QED) is 0.0211. The first-order chi connectivity index (χ1) is 49.5. The molecule has 9 nitrogen and oxygen atoms in total. The molecule has 0 radical (unpaired) electrons. The van der Waals surface area contributed by atoms with Crippen molar-refractivity contribution in [3.8, 4) is 0 Å². The molecule has 0 spiro atoms. The molecule has 0 aromatic rings. The highest BCUT2D eigenvalue weighted by atomic mass is 31.2. The summed E-state index contributed by atoms with van der Waals surface area (Å²) in [4.78, 5) is 36.0. The van der Waals surface area contributed by atoms with E-state index in [-0.39, 0.29) is 32.0 Å². The number of carbonyl (C=O) groups is 2. The molecule has 0 aliphatic heterocycles. The maximum Gasteiger partial charge on any atom is 0.472 e. The van der Waals surface area contributed by atoms with Gasteiger partial charge in [-0.25, -0.2) is 4.57 Å². The lowest BCUT2D eigenvalue weighted by molar-refractivity contribution is -0.870. The second-order valence-corrected chi connectivity index (χ2v) is 31.7. The lowest BCUT2D eigenvalue weighted by Crippen LogP contribution is -2.37. The van der Waals surface area contributed by atoms with Gasteiger partial charge in [-0.3, -0.25) is 18.6 Å². The van der Waals surface area contributed by atoms with Crippen LogP contribution in [0, 0.1) is 0 Å². The van der Waals surface area contributed by atoms with Gasteiger partial charge in [0.05, 0.1) is 27.7 Å². The first-order valence-corrected chi connectivity index (χ1v) is 44.6. The van der Waals surface area contributed by atoms with Crippen LogP contribution in [0.2, 0.25) is 0 Å². The highest BCUT2D eigenvalue weighted by Gasteiger charge is 2.27. The van der Waals surface area contributed by atoms with Crippen LogP contribution >= 0.6 is 7.82 Å². The highest BCUT2D eigenvalue weighted by Crippen LogP contribution is 2.43. The van der Waals surface area contributed by atoms with Crippen molar-refractivity contribution < 1.29 is 42.1 Å². The third kappa shape index (κ3) is 85.5. The zero-order valence-electron chi connectivity index (χ0n) is 67.1. The summed E-state index contributed by atoms with van der Waals surface area (Å²) in [7, 11) is 1.48. The number of unbranched alkanes of at least 4 members (excludes halogenated alkanes) is 48. The Labute approximate surface area is 626 Å². The van der Waals surface area contributed by atoms with E-state index in [1.807, 2.05) is 21.1 Å². The molecule has 0 rings (SSSR count). The van der Waals surface area contributed by atoms with Gasteiger partial charge in [0.25, 0.3) is 0 Å². The Bertz CT molecular complexity index is 2080. The molecule has 0 heterocycles. The zero-order chi connectivity index (χ0) is 73.3. The monoisotopic (exact) mass is 1430 g/mol. The van der Waals surface area contributed by atoms with Crippen LogP contribution in [0.3, 0.4) is 0 Å². The smallest absolute Gasteiger partial charge is 0.462 e. The van der Waals surface area contributed by atoms with E-state index in [1.54, 1.807) is 0 Å². The van der Waals surface area contributed by atoms with Crippen LogP contribution in [0.4, 0.5) is 0 Å². The van der Waals surface area contributed by atoms with Gasteiger partial charge in [-0.05, 0) is 83.5 Å². The van der Waals surface area contributed by atoms with Gasteiger partial charge in [0, 0.05) is 12.8 Å². The summed E-state index contributed by atoms with van der Waals surface area (Å²) in [6, 6.07) is 0. The number of esters is 2. The molecule has 1 N–H and O–H groups in total. The summed E-state index contributed by atoms with van der Waals surface area (Å²) in [5, 5.41) is 0. The van der Waals surface area contributed by atoms with E-state index < -0.39 is 26.5 Å². The van der Waals surface area contributed by atoms with Crippen LogP contribution in [0.5, 0.6) is 0 Å². The average Bonchev–Trinajstić information content (AvgIpc) is 0.958. The third-order valence-corrected chi connectivity index (χ3v) is 20.1. The SMILES string of the molecule is CC/C=C\C/C=C\C/C=C\C/C=C\C/C=C\C/C=C\C/C=C\C/C=C\C/C=C\CCCCCCCCCCCC(=O)OC(COC(=O)CCCCCCCCCCCCCCCCCCCCCCCCCCCCCCCCCCCCCCCCCC)COP(=O)(O)OCC[N+](C)(C)C. The maximum atomic E-state index is 12.9. The second-order valence-electron chi connectivity index (χ2n) is 30.2. The highest BCUT2D eigenvalue weighted by molar-refractivity contribution is 7.47. The molecule has 10 heteroatoms. The van der Waals surface area contributed by atoms with E-state index in [4.69, 9.17) is 18.5 Å². The van der Waals surface area contributed by atoms with Gasteiger partial charge < -0.3 is 18.9 Å². The minimum atomic E-state index is -4.40. The molecule has 586 valence electrons. The fourth-order valence-electron chi connectivity index (χ4n) is 12.5. The standard InChI is InChI=1S/C91H164NO8P/c1-6-8-10-12-14-16-18-20-22-24-26-28-30-32-34-36-38-40-42-44-45-46-48-49-51-53-55-57-59-61-63-65-67-69-71-73-75-77-79-81-83-90(93)97-87-89(88-99-101(95,96)98-86-85-92(3,4)5)100-91(94)84-82-80-78-76-74-72-70-68-66-64-62-60-58-56-54-52-50-47-43-41-39-37-35-33-31-29-27-25-23-21-19-17-15-13-11-9-7-2/h9,11,15,17,21,23,27,29,33,35,39,41,47,50,54,56,60,62,89H,6-8,10,12-14,16,18-20,22,24-26,28,30-32,34,36-38,40,42-46,48-49,51-53,55,57-59,61,63-88H2,1-5H3/p+1/b11-9-,17-15-,23-21-,29-27-,35-33-,41-39-,50-47-,56-54-,62-60-. The molecule has 0 saturated heterocycles. The number of carbonyl (C=O) groups excluding carboxylic acids is 2. The molecule has 0 aromatic carbocycles. The summed E-state index contributed by atoms with van der Waals surface area (Å²) in [5.74, 6) is -0.792. The van der Waals surface area contributed by atoms with Crippen molar-refractivity contribution in [2.45, 2.75) is 412 Å².